The van der Waals surface area contributed by atoms with E-state index >= 15 is 0 Å². The van der Waals surface area contributed by atoms with Gasteiger partial charge in [0.15, 0.2) is 0 Å². The van der Waals surface area contributed by atoms with Crippen LogP contribution in [0.1, 0.15) is 125 Å². The molecule has 5 aliphatic rings. The third kappa shape index (κ3) is 13.8. The molecular formula is C50H77NO13S. The summed E-state index contributed by atoms with van der Waals surface area (Å²) in [6, 6.07) is -1.12. The molecule has 1 saturated carbocycles. The SMILES string of the molecule is C=CC[C@@H]1/C=C(\C)C[C@H](C)CCC2O[C@@](O)(C(=O)C(=O)N3CCCC[C@H]3C(=O)O[C@H](/C(C)=C/[C@@H]3CC[C@@H](OCCCS[C@H]4CCOC4=O)[C@H](OC)C3)[C@H](C)[C@@H](O)CC1=O)[C@H](C)C[C@@H]2OC. The lowest BCUT2D eigenvalue weighted by Gasteiger charge is -2.45. The van der Waals surface area contributed by atoms with Gasteiger partial charge in [0, 0.05) is 58.0 Å². The highest BCUT2D eigenvalue weighted by atomic mass is 32.2. The molecule has 4 heterocycles. The molecule has 366 valence electrons. The quantitative estimate of drug-likeness (QED) is 0.0939. The molecule has 0 spiro atoms. The summed E-state index contributed by atoms with van der Waals surface area (Å²) in [4.78, 5) is 70.0. The summed E-state index contributed by atoms with van der Waals surface area (Å²) in [5.74, 6) is -6.61. The van der Waals surface area contributed by atoms with E-state index in [2.05, 4.69) is 19.6 Å². The van der Waals surface area contributed by atoms with Crippen LogP contribution >= 0.6 is 11.8 Å². The summed E-state index contributed by atoms with van der Waals surface area (Å²) in [5.41, 5.74) is 1.69. The summed E-state index contributed by atoms with van der Waals surface area (Å²) >= 11 is 1.61. The van der Waals surface area contributed by atoms with Crippen molar-refractivity contribution in [2.45, 2.75) is 178 Å². The van der Waals surface area contributed by atoms with Gasteiger partial charge in [-0.1, -0.05) is 44.6 Å². The molecule has 0 radical (unpaired) electrons. The molecule has 2 bridgehead atoms. The average molecular weight is 932 g/mol. The normalized spacial score (nSPS) is 38.5. The molecule has 65 heavy (non-hydrogen) atoms. The molecule has 14 nitrogen and oxygen atoms in total. The number of nitrogens with zero attached hydrogens (tertiary/aromatic N) is 1. The van der Waals surface area contributed by atoms with Crippen LogP contribution in [-0.4, -0.2) is 138 Å². The maximum atomic E-state index is 14.5. The van der Waals surface area contributed by atoms with Crippen LogP contribution in [0.25, 0.3) is 0 Å². The van der Waals surface area contributed by atoms with Crippen LogP contribution < -0.4 is 0 Å². The number of carbonyl (C=O) groups is 5. The minimum atomic E-state index is -2.42. The van der Waals surface area contributed by atoms with E-state index in [-0.39, 0.29) is 66.9 Å². The number of thioether (sulfide) groups is 1. The predicted octanol–water partition coefficient (Wildman–Crippen LogP) is 6.48. The van der Waals surface area contributed by atoms with Crippen molar-refractivity contribution in [1.82, 2.24) is 4.90 Å². The van der Waals surface area contributed by atoms with Gasteiger partial charge in [-0.15, -0.1) is 18.3 Å². The van der Waals surface area contributed by atoms with Crippen LogP contribution in [0.3, 0.4) is 0 Å². The van der Waals surface area contributed by atoms with Crippen LogP contribution in [0.2, 0.25) is 0 Å². The number of cyclic esters (lactones) is 2. The number of aliphatic hydroxyl groups excluding tert-OH is 1. The summed E-state index contributed by atoms with van der Waals surface area (Å²) in [6.45, 7) is 14.4. The zero-order valence-corrected chi connectivity index (χ0v) is 40.7. The van der Waals surface area contributed by atoms with Crippen molar-refractivity contribution in [2.24, 2.45) is 29.6 Å². The Labute approximate surface area is 390 Å². The second-order valence-electron chi connectivity index (χ2n) is 19.4. The van der Waals surface area contributed by atoms with Gasteiger partial charge in [0.2, 0.25) is 5.79 Å². The third-order valence-electron chi connectivity index (χ3n) is 14.4. The van der Waals surface area contributed by atoms with Gasteiger partial charge in [-0.25, -0.2) is 4.79 Å². The zero-order valence-electron chi connectivity index (χ0n) is 39.9. The lowest BCUT2D eigenvalue weighted by atomic mass is 9.81. The molecular weight excluding hydrogens is 855 g/mol. The van der Waals surface area contributed by atoms with Gasteiger partial charge in [-0.3, -0.25) is 19.2 Å². The van der Waals surface area contributed by atoms with Gasteiger partial charge in [-0.2, -0.15) is 0 Å². The number of ether oxygens (including phenoxy) is 6. The Balaban J connectivity index is 1.40. The number of amides is 1. The van der Waals surface area contributed by atoms with Crippen LogP contribution in [-0.2, 0) is 52.4 Å². The average Bonchev–Trinajstić information content (AvgIpc) is 3.70. The smallest absolute Gasteiger partial charge is 0.329 e. The number of allylic oxidation sites excluding steroid dienone is 4. The van der Waals surface area contributed by atoms with E-state index in [0.29, 0.717) is 63.7 Å². The van der Waals surface area contributed by atoms with Crippen LogP contribution in [0.15, 0.2) is 36.0 Å². The van der Waals surface area contributed by atoms with Crippen LogP contribution in [0.5, 0.6) is 0 Å². The highest BCUT2D eigenvalue weighted by Crippen LogP contribution is 2.39. The molecule has 2 N–H and O–H groups in total. The number of carbonyl (C=O) groups excluding carboxylic acids is 5. The van der Waals surface area contributed by atoms with E-state index < -0.39 is 71.7 Å². The first-order valence-electron chi connectivity index (χ1n) is 24.1. The maximum absolute atomic E-state index is 14.5. The van der Waals surface area contributed by atoms with Crippen molar-refractivity contribution < 1.29 is 62.6 Å². The highest BCUT2D eigenvalue weighted by molar-refractivity contribution is 8.00. The van der Waals surface area contributed by atoms with Gasteiger partial charge in [0.25, 0.3) is 11.7 Å². The van der Waals surface area contributed by atoms with Gasteiger partial charge in [0.1, 0.15) is 23.2 Å². The van der Waals surface area contributed by atoms with Crippen molar-refractivity contribution in [3.63, 3.8) is 0 Å². The first kappa shape index (κ1) is 53.0. The first-order valence-corrected chi connectivity index (χ1v) is 25.1. The van der Waals surface area contributed by atoms with Crippen LogP contribution in [0, 0.1) is 29.6 Å². The largest absolute Gasteiger partial charge is 0.465 e. The molecule has 14 atom stereocenters. The van der Waals surface area contributed by atoms with E-state index in [9.17, 15) is 34.2 Å². The fourth-order valence-electron chi connectivity index (χ4n) is 10.4. The molecule has 0 aromatic heterocycles. The fraction of sp³-hybridized carbons (Fsp3) is 0.780. The Morgan fingerprint density at radius 3 is 2.40 bits per heavy atom. The van der Waals surface area contributed by atoms with Gasteiger partial charge < -0.3 is 43.5 Å². The van der Waals surface area contributed by atoms with Crippen molar-refractivity contribution in [2.75, 3.05) is 39.7 Å². The van der Waals surface area contributed by atoms with Crippen molar-refractivity contribution in [1.29, 1.82) is 0 Å². The van der Waals surface area contributed by atoms with Gasteiger partial charge in [0.05, 0.1) is 37.1 Å². The van der Waals surface area contributed by atoms with E-state index in [4.69, 9.17) is 28.4 Å². The Morgan fingerprint density at radius 2 is 1.71 bits per heavy atom. The number of ketones is 2. The predicted molar refractivity (Wildman–Crippen MR) is 247 cm³/mol. The number of hydrogen-bond acceptors (Lipinski definition) is 14. The molecule has 3 saturated heterocycles. The van der Waals surface area contributed by atoms with E-state index in [1.807, 2.05) is 19.9 Å². The van der Waals surface area contributed by atoms with Gasteiger partial charge in [-0.05, 0) is 114 Å². The lowest BCUT2D eigenvalue weighted by Crippen LogP contribution is -2.62. The number of Topliss-reactive ketones (excluding diaryl/α,β-unsaturated/α-hetero) is 2. The van der Waals surface area contributed by atoms with Crippen LogP contribution in [0.4, 0.5) is 0 Å². The molecule has 0 aromatic carbocycles. The molecule has 1 aliphatic carbocycles. The van der Waals surface area contributed by atoms with Gasteiger partial charge >= 0.3 is 11.9 Å². The fourth-order valence-corrected chi connectivity index (χ4v) is 11.5. The summed E-state index contributed by atoms with van der Waals surface area (Å²) in [6.07, 6.45) is 9.57. The Hall–Kier alpha value is -2.92. The third-order valence-corrected chi connectivity index (χ3v) is 15.7. The Kier molecular flexibility index (Phi) is 20.3. The second kappa shape index (κ2) is 24.9. The molecule has 1 unspecified atom stereocenters. The van der Waals surface area contributed by atoms with Crippen molar-refractivity contribution in [3.05, 3.63) is 36.0 Å². The number of esters is 2. The molecule has 15 heteroatoms. The van der Waals surface area contributed by atoms with E-state index in [1.165, 1.54) is 4.90 Å². The number of methoxy groups -OCH3 is 2. The number of piperidine rings is 1. The monoisotopic (exact) mass is 932 g/mol. The number of fused-ring (bicyclic) bond motifs is 3. The minimum absolute atomic E-state index is 0.0242. The number of hydrogen-bond donors (Lipinski definition) is 2. The molecule has 5 rings (SSSR count). The lowest BCUT2D eigenvalue weighted by molar-refractivity contribution is -0.287. The molecule has 0 aromatic rings. The maximum Gasteiger partial charge on any atom is 0.329 e. The standard InChI is InChI=1S/C50H77NO13S/c1-9-13-36-25-31(3)24-30(2)15-17-41-42(59-7)27-33(5)50(58,64-41)46(54)47(55)51-20-11-10-14-37(51)48(56)63-45(34(6)38(52)29-39(36)53)32(4)26-35-16-18-40(43(28-35)60-8)61-21-12-23-65-44-19-22-62-49(44)57/h9,25-26,30,33-38,40-45,52,58H,1,10-24,27-29H2,2-8H3/b31-25+,32-26+/t30-,33-,34-,35+,36-,37+,38+,40-,41?,42+,43-,44+,45-,50-/m1/s1. The Morgan fingerprint density at radius 1 is 0.954 bits per heavy atom. The topological polar surface area (TPSA) is 184 Å². The number of rotatable bonds is 12. The van der Waals surface area contributed by atoms with Crippen molar-refractivity contribution >= 4 is 41.2 Å². The second-order valence-corrected chi connectivity index (χ2v) is 20.7. The summed E-state index contributed by atoms with van der Waals surface area (Å²) in [7, 11) is 3.23. The minimum Gasteiger partial charge on any atom is -0.465 e. The first-order chi connectivity index (χ1) is 31.0. The summed E-state index contributed by atoms with van der Waals surface area (Å²) < 4.78 is 35.7. The van der Waals surface area contributed by atoms with E-state index in [1.54, 1.807) is 45.9 Å². The molecule has 1 amide bonds. The number of aliphatic hydroxyl groups is 2. The highest BCUT2D eigenvalue weighted by Gasteiger charge is 2.55. The van der Waals surface area contributed by atoms with Crippen molar-refractivity contribution in [3.8, 4) is 0 Å². The Bertz CT molecular complexity index is 1720. The zero-order chi connectivity index (χ0) is 47.4. The molecule has 4 fully saturated rings. The van der Waals surface area contributed by atoms with E-state index in [0.717, 1.165) is 37.0 Å². The molecule has 4 aliphatic heterocycles. The summed E-state index contributed by atoms with van der Waals surface area (Å²) in [5, 5.41) is 23.7.